The van der Waals surface area contributed by atoms with Gasteiger partial charge in [0.2, 0.25) is 0 Å². The zero-order valence-corrected chi connectivity index (χ0v) is 16.0. The first-order valence-corrected chi connectivity index (χ1v) is 8.68. The quantitative estimate of drug-likeness (QED) is 0.422. The zero-order chi connectivity index (χ0) is 21.0. The number of carbonyl (C=O) groups excluding carboxylic acids is 1. The van der Waals surface area contributed by atoms with Gasteiger partial charge >= 0.3 is 17.9 Å². The van der Waals surface area contributed by atoms with Crippen LogP contribution < -0.4 is 4.74 Å². The normalized spacial score (nSPS) is 11.5. The first kappa shape index (κ1) is 20.9. The molecule has 0 saturated heterocycles. The third-order valence-corrected chi connectivity index (χ3v) is 4.53. The second kappa shape index (κ2) is 8.52. The predicted molar refractivity (Wildman–Crippen MR) is 104 cm³/mol. The Hall–Kier alpha value is -3.41. The van der Waals surface area contributed by atoms with E-state index < -0.39 is 17.9 Å². The lowest BCUT2D eigenvalue weighted by Gasteiger charge is -2.16. The fourth-order valence-corrected chi connectivity index (χ4v) is 2.97. The van der Waals surface area contributed by atoms with E-state index in [1.165, 1.54) is 13.0 Å². The van der Waals surface area contributed by atoms with Crippen LogP contribution >= 0.6 is 0 Å². The average molecular weight is 382 g/mol. The highest BCUT2D eigenvalue weighted by atomic mass is 16.5. The summed E-state index contributed by atoms with van der Waals surface area (Å²) in [6, 6.07) is 9.95. The number of hydrogen-bond donors (Lipinski definition) is 2. The van der Waals surface area contributed by atoms with Gasteiger partial charge in [0.1, 0.15) is 5.75 Å². The van der Waals surface area contributed by atoms with E-state index in [0.717, 1.165) is 5.56 Å². The van der Waals surface area contributed by atoms with Gasteiger partial charge in [-0.15, -0.1) is 0 Å². The summed E-state index contributed by atoms with van der Waals surface area (Å²) in [7, 11) is 0. The van der Waals surface area contributed by atoms with Crippen LogP contribution in [0.5, 0.6) is 5.75 Å². The lowest BCUT2D eigenvalue weighted by atomic mass is 9.88. The minimum absolute atomic E-state index is 0.0162. The van der Waals surface area contributed by atoms with Gasteiger partial charge in [-0.3, -0.25) is 0 Å². The van der Waals surface area contributed by atoms with Crippen LogP contribution in [0.4, 0.5) is 0 Å². The van der Waals surface area contributed by atoms with Crippen molar-refractivity contribution in [2.75, 3.05) is 0 Å². The van der Waals surface area contributed by atoms with E-state index in [1.54, 1.807) is 25.1 Å². The fraction of sp³-hybridized carbons (Fsp3) is 0.227. The molecule has 1 unspecified atom stereocenters. The molecule has 0 radical (unpaired) electrons. The van der Waals surface area contributed by atoms with E-state index in [2.05, 4.69) is 6.58 Å². The number of carboxylic acid groups (broad SMARTS) is 2. The summed E-state index contributed by atoms with van der Waals surface area (Å²) >= 11 is 0. The van der Waals surface area contributed by atoms with Crippen molar-refractivity contribution in [1.29, 1.82) is 0 Å². The summed E-state index contributed by atoms with van der Waals surface area (Å²) in [6.45, 7) is 8.55. The van der Waals surface area contributed by atoms with E-state index in [-0.39, 0.29) is 22.6 Å². The molecule has 6 heteroatoms. The lowest BCUT2D eigenvalue weighted by Crippen LogP contribution is -2.12. The molecule has 0 amide bonds. The van der Waals surface area contributed by atoms with Crippen molar-refractivity contribution < 1.29 is 29.3 Å². The van der Waals surface area contributed by atoms with Gasteiger partial charge in [-0.2, -0.15) is 0 Å². The topological polar surface area (TPSA) is 101 Å². The van der Waals surface area contributed by atoms with Crippen molar-refractivity contribution in [3.05, 3.63) is 76.4 Å². The number of rotatable bonds is 7. The summed E-state index contributed by atoms with van der Waals surface area (Å²) in [5.74, 6) is -2.43. The smallest absolute Gasteiger partial charge is 0.338 e. The molecule has 0 saturated carbocycles. The molecule has 0 aliphatic heterocycles. The zero-order valence-electron chi connectivity index (χ0n) is 16.0. The molecular weight excluding hydrogens is 360 g/mol. The Labute approximate surface area is 163 Å². The van der Waals surface area contributed by atoms with Crippen molar-refractivity contribution in [2.24, 2.45) is 0 Å². The molecule has 2 N–H and O–H groups in total. The van der Waals surface area contributed by atoms with E-state index >= 15 is 0 Å². The van der Waals surface area contributed by atoms with Crippen LogP contribution in [0.25, 0.3) is 0 Å². The van der Waals surface area contributed by atoms with Gasteiger partial charge in [-0.1, -0.05) is 31.7 Å². The van der Waals surface area contributed by atoms with Crippen LogP contribution in [0.3, 0.4) is 0 Å². The molecule has 2 aromatic carbocycles. The maximum absolute atomic E-state index is 11.7. The predicted octanol–water partition coefficient (Wildman–Crippen LogP) is 4.22. The van der Waals surface area contributed by atoms with Crippen LogP contribution in [-0.2, 0) is 11.2 Å². The number of esters is 1. The highest BCUT2D eigenvalue weighted by Crippen LogP contribution is 2.27. The number of aromatic carboxylic acids is 2. The number of carboxylic acids is 2. The van der Waals surface area contributed by atoms with Gasteiger partial charge < -0.3 is 14.9 Å². The summed E-state index contributed by atoms with van der Waals surface area (Å²) in [5, 5.41) is 18.8. The van der Waals surface area contributed by atoms with Crippen LogP contribution in [0.2, 0.25) is 0 Å². The van der Waals surface area contributed by atoms with Crippen molar-refractivity contribution in [1.82, 2.24) is 0 Å². The molecule has 2 rings (SSSR count). The Kier molecular flexibility index (Phi) is 6.36. The number of hydrogen-bond acceptors (Lipinski definition) is 4. The van der Waals surface area contributed by atoms with Gasteiger partial charge in [0, 0.05) is 5.57 Å². The minimum Gasteiger partial charge on any atom is -0.478 e. The molecule has 0 aliphatic rings. The van der Waals surface area contributed by atoms with E-state index in [4.69, 9.17) is 4.74 Å². The third-order valence-electron chi connectivity index (χ3n) is 4.53. The number of benzene rings is 2. The summed E-state index contributed by atoms with van der Waals surface area (Å²) in [6.07, 6.45) is 0.424. The van der Waals surface area contributed by atoms with Crippen LogP contribution in [0, 0.1) is 6.92 Å². The van der Waals surface area contributed by atoms with Crippen molar-refractivity contribution in [2.45, 2.75) is 33.1 Å². The molecule has 0 fully saturated rings. The molecule has 6 nitrogen and oxygen atoms in total. The van der Waals surface area contributed by atoms with Gasteiger partial charge in [0.05, 0.1) is 11.1 Å². The van der Waals surface area contributed by atoms with Gasteiger partial charge in [0.15, 0.2) is 0 Å². The molecule has 28 heavy (non-hydrogen) atoms. The largest absolute Gasteiger partial charge is 0.478 e. The first-order chi connectivity index (χ1) is 13.1. The standard InChI is InChI=1S/C22H22O6/c1-12(2)22(27)28-17-8-5-15(6-9-17)13(3)11-16-7-10-18(20(23)24)14(4)19(16)21(25)26/h5-10,13H,1,11H2,2-4H3,(H,23,24)(H,25,26). The second-order valence-electron chi connectivity index (χ2n) is 6.73. The Morgan fingerprint density at radius 1 is 1.04 bits per heavy atom. The lowest BCUT2D eigenvalue weighted by molar-refractivity contribution is -0.130. The molecule has 2 aromatic rings. The van der Waals surface area contributed by atoms with Gasteiger partial charge in [0.25, 0.3) is 0 Å². The SMILES string of the molecule is C=C(C)C(=O)Oc1ccc(C(C)Cc2ccc(C(=O)O)c(C)c2C(=O)O)cc1. The minimum atomic E-state index is -1.15. The van der Waals surface area contributed by atoms with Crippen molar-refractivity contribution in [3.63, 3.8) is 0 Å². The molecule has 146 valence electrons. The van der Waals surface area contributed by atoms with Crippen LogP contribution in [0.15, 0.2) is 48.6 Å². The first-order valence-electron chi connectivity index (χ1n) is 8.68. The van der Waals surface area contributed by atoms with E-state index in [1.807, 2.05) is 19.1 Å². The van der Waals surface area contributed by atoms with Crippen molar-refractivity contribution >= 4 is 17.9 Å². The summed E-state index contributed by atoms with van der Waals surface area (Å²) in [5.41, 5.74) is 2.06. The highest BCUT2D eigenvalue weighted by molar-refractivity contribution is 5.97. The van der Waals surface area contributed by atoms with Gasteiger partial charge in [-0.05, 0) is 61.1 Å². The van der Waals surface area contributed by atoms with E-state index in [9.17, 15) is 24.6 Å². The Morgan fingerprint density at radius 3 is 2.14 bits per heavy atom. The Morgan fingerprint density at radius 2 is 1.64 bits per heavy atom. The molecule has 0 heterocycles. The third kappa shape index (κ3) is 4.65. The van der Waals surface area contributed by atoms with Crippen LogP contribution in [0.1, 0.15) is 57.2 Å². The second-order valence-corrected chi connectivity index (χ2v) is 6.73. The molecule has 0 spiro atoms. The summed E-state index contributed by atoms with van der Waals surface area (Å²) in [4.78, 5) is 34.5. The Balaban J connectivity index is 2.25. The molecule has 1 atom stereocenters. The van der Waals surface area contributed by atoms with Gasteiger partial charge in [-0.25, -0.2) is 14.4 Å². The van der Waals surface area contributed by atoms with Crippen LogP contribution in [-0.4, -0.2) is 28.1 Å². The summed E-state index contributed by atoms with van der Waals surface area (Å²) < 4.78 is 5.16. The fourth-order valence-electron chi connectivity index (χ4n) is 2.97. The monoisotopic (exact) mass is 382 g/mol. The number of carbonyl (C=O) groups is 3. The van der Waals surface area contributed by atoms with Crippen molar-refractivity contribution in [3.8, 4) is 5.75 Å². The maximum atomic E-state index is 11.7. The molecule has 0 aliphatic carbocycles. The van der Waals surface area contributed by atoms with E-state index in [0.29, 0.717) is 23.3 Å². The molecular formula is C22H22O6. The molecule has 0 bridgehead atoms. The molecule has 0 aromatic heterocycles. The number of ether oxygens (including phenoxy) is 1. The Bertz CT molecular complexity index is 940. The highest BCUT2D eigenvalue weighted by Gasteiger charge is 2.21. The average Bonchev–Trinajstić information content (AvgIpc) is 2.61. The maximum Gasteiger partial charge on any atom is 0.338 e.